The summed E-state index contributed by atoms with van der Waals surface area (Å²) in [6.07, 6.45) is 2.64. The molecule has 0 aliphatic rings. The number of rotatable bonds is 5. The maximum Gasteiger partial charge on any atom is 0.124 e. The van der Waals surface area contributed by atoms with Crippen LogP contribution in [0.2, 0.25) is 0 Å². The van der Waals surface area contributed by atoms with E-state index in [2.05, 4.69) is 11.3 Å². The topological polar surface area (TPSA) is 29.1 Å². The smallest absolute Gasteiger partial charge is 0.124 e. The number of nitrogens with one attached hydrogen (secondary N) is 1. The van der Waals surface area contributed by atoms with Gasteiger partial charge in [0.2, 0.25) is 0 Å². The Kier molecular flexibility index (Phi) is 4.56. The third-order valence-corrected chi connectivity index (χ3v) is 2.98. The van der Waals surface area contributed by atoms with Crippen LogP contribution in [0.3, 0.4) is 0 Å². The van der Waals surface area contributed by atoms with Gasteiger partial charge < -0.3 is 0 Å². The Morgan fingerprint density at radius 2 is 2.07 bits per heavy atom. The molecule has 0 spiro atoms. The number of aryl methyl sites for hydroxylation is 1. The first-order valence-electron chi connectivity index (χ1n) is 4.57. The monoisotopic (exact) mass is 209 g/mol. The Morgan fingerprint density at radius 1 is 1.43 bits per heavy atom. The first-order chi connectivity index (χ1) is 6.74. The highest BCUT2D eigenvalue weighted by atomic mass is 32.2. The van der Waals surface area contributed by atoms with E-state index >= 15 is 0 Å². The standard InChI is InChI=1S/C11H15NOS/c1-3-4-9-12-14(13)11-7-5-10(2)6-8-11/h3,5-8,12H,1,4,9H2,2H3. The zero-order valence-corrected chi connectivity index (χ0v) is 9.14. The molecule has 0 bridgehead atoms. The van der Waals surface area contributed by atoms with E-state index in [4.69, 9.17) is 0 Å². The fourth-order valence-corrected chi connectivity index (χ4v) is 1.85. The van der Waals surface area contributed by atoms with Crippen molar-refractivity contribution in [2.24, 2.45) is 0 Å². The van der Waals surface area contributed by atoms with Gasteiger partial charge in [-0.3, -0.25) is 0 Å². The van der Waals surface area contributed by atoms with Crippen molar-refractivity contribution in [1.82, 2.24) is 4.72 Å². The molecular formula is C11H15NOS. The fraction of sp³-hybridized carbons (Fsp3) is 0.273. The third-order valence-electron chi connectivity index (χ3n) is 1.82. The lowest BCUT2D eigenvalue weighted by Crippen LogP contribution is -2.17. The Balaban J connectivity index is 2.52. The summed E-state index contributed by atoms with van der Waals surface area (Å²) < 4.78 is 14.5. The van der Waals surface area contributed by atoms with Crippen molar-refractivity contribution >= 4 is 11.0 Å². The van der Waals surface area contributed by atoms with E-state index in [1.807, 2.05) is 31.2 Å². The molecule has 0 radical (unpaired) electrons. The Labute approximate surface area is 87.6 Å². The Morgan fingerprint density at radius 3 is 2.64 bits per heavy atom. The predicted octanol–water partition coefficient (Wildman–Crippen LogP) is 2.18. The van der Waals surface area contributed by atoms with Crippen LogP contribution < -0.4 is 4.72 Å². The molecule has 1 aromatic carbocycles. The number of hydrogen-bond acceptors (Lipinski definition) is 1. The summed E-state index contributed by atoms with van der Waals surface area (Å²) in [5, 5.41) is 0. The zero-order chi connectivity index (χ0) is 10.4. The van der Waals surface area contributed by atoms with E-state index < -0.39 is 11.0 Å². The van der Waals surface area contributed by atoms with Crippen molar-refractivity contribution < 1.29 is 4.21 Å². The van der Waals surface area contributed by atoms with E-state index in [-0.39, 0.29) is 0 Å². The van der Waals surface area contributed by atoms with Crippen LogP contribution in [0, 0.1) is 6.92 Å². The van der Waals surface area contributed by atoms with Gasteiger partial charge in [-0.05, 0) is 25.5 Å². The summed E-state index contributed by atoms with van der Waals surface area (Å²) in [7, 11) is -1.09. The molecule has 1 rings (SSSR count). The molecule has 1 atom stereocenters. The minimum Gasteiger partial charge on any atom is -0.238 e. The van der Waals surface area contributed by atoms with Crippen LogP contribution in [0.5, 0.6) is 0 Å². The SMILES string of the molecule is C=CCCNS(=O)c1ccc(C)cc1. The predicted molar refractivity (Wildman–Crippen MR) is 60.4 cm³/mol. The molecule has 76 valence electrons. The summed E-state index contributed by atoms with van der Waals surface area (Å²) in [5.41, 5.74) is 1.18. The van der Waals surface area contributed by atoms with Gasteiger partial charge in [0.15, 0.2) is 0 Å². The molecule has 2 nitrogen and oxygen atoms in total. The van der Waals surface area contributed by atoms with Gasteiger partial charge in [0, 0.05) is 6.54 Å². The van der Waals surface area contributed by atoms with E-state index in [9.17, 15) is 4.21 Å². The van der Waals surface area contributed by atoms with Crippen LogP contribution in [0.25, 0.3) is 0 Å². The summed E-state index contributed by atoms with van der Waals surface area (Å²) in [6, 6.07) is 7.68. The van der Waals surface area contributed by atoms with Crippen molar-refractivity contribution in [3.05, 3.63) is 42.5 Å². The maximum atomic E-state index is 11.6. The first kappa shape index (κ1) is 11.1. The number of benzene rings is 1. The zero-order valence-electron chi connectivity index (χ0n) is 8.32. The maximum absolute atomic E-state index is 11.6. The quantitative estimate of drug-likeness (QED) is 0.584. The Hall–Kier alpha value is -0.930. The molecule has 0 saturated carbocycles. The molecular weight excluding hydrogens is 194 g/mol. The van der Waals surface area contributed by atoms with Gasteiger partial charge in [0.05, 0.1) is 4.90 Å². The summed E-state index contributed by atoms with van der Waals surface area (Å²) >= 11 is 0. The summed E-state index contributed by atoms with van der Waals surface area (Å²) in [4.78, 5) is 0.819. The molecule has 1 N–H and O–H groups in total. The molecule has 0 saturated heterocycles. The lowest BCUT2D eigenvalue weighted by molar-refractivity contribution is 0.672. The molecule has 0 heterocycles. The highest BCUT2D eigenvalue weighted by Gasteiger charge is 2.00. The van der Waals surface area contributed by atoms with Gasteiger partial charge in [-0.15, -0.1) is 6.58 Å². The second-order valence-electron chi connectivity index (χ2n) is 3.05. The van der Waals surface area contributed by atoms with Crippen LogP contribution in [-0.2, 0) is 11.0 Å². The van der Waals surface area contributed by atoms with E-state index in [0.717, 1.165) is 11.3 Å². The minimum absolute atomic E-state index is 0.698. The average molecular weight is 209 g/mol. The molecule has 3 heteroatoms. The highest BCUT2D eigenvalue weighted by Crippen LogP contribution is 2.06. The first-order valence-corrected chi connectivity index (χ1v) is 5.72. The molecule has 1 aromatic rings. The van der Waals surface area contributed by atoms with Gasteiger partial charge in [-0.2, -0.15) is 0 Å². The van der Waals surface area contributed by atoms with Crippen molar-refractivity contribution in [2.45, 2.75) is 18.2 Å². The lowest BCUT2D eigenvalue weighted by atomic mass is 10.2. The number of hydrogen-bond donors (Lipinski definition) is 1. The third kappa shape index (κ3) is 3.44. The normalized spacial score (nSPS) is 12.4. The molecule has 0 fully saturated rings. The van der Waals surface area contributed by atoms with E-state index in [0.29, 0.717) is 6.54 Å². The van der Waals surface area contributed by atoms with Crippen LogP contribution in [0.15, 0.2) is 41.8 Å². The van der Waals surface area contributed by atoms with Crippen molar-refractivity contribution in [1.29, 1.82) is 0 Å². The lowest BCUT2D eigenvalue weighted by Gasteiger charge is -2.03. The van der Waals surface area contributed by atoms with Crippen LogP contribution in [0.1, 0.15) is 12.0 Å². The second-order valence-corrected chi connectivity index (χ2v) is 4.35. The van der Waals surface area contributed by atoms with Gasteiger partial charge >= 0.3 is 0 Å². The van der Waals surface area contributed by atoms with Gasteiger partial charge in [0.1, 0.15) is 11.0 Å². The second kappa shape index (κ2) is 5.73. The summed E-state index contributed by atoms with van der Waals surface area (Å²) in [6.45, 7) is 6.31. The van der Waals surface area contributed by atoms with Crippen LogP contribution in [-0.4, -0.2) is 10.8 Å². The van der Waals surface area contributed by atoms with Gasteiger partial charge in [-0.1, -0.05) is 23.8 Å². The molecule has 14 heavy (non-hydrogen) atoms. The van der Waals surface area contributed by atoms with E-state index in [1.54, 1.807) is 6.08 Å². The minimum atomic E-state index is -1.09. The average Bonchev–Trinajstić information content (AvgIpc) is 2.19. The largest absolute Gasteiger partial charge is 0.238 e. The molecule has 1 unspecified atom stereocenters. The van der Waals surface area contributed by atoms with Gasteiger partial charge in [-0.25, -0.2) is 8.93 Å². The highest BCUT2D eigenvalue weighted by molar-refractivity contribution is 7.83. The van der Waals surface area contributed by atoms with Crippen molar-refractivity contribution in [2.75, 3.05) is 6.54 Å². The molecule has 0 aliphatic carbocycles. The van der Waals surface area contributed by atoms with Crippen LogP contribution >= 0.6 is 0 Å². The molecule has 0 aromatic heterocycles. The van der Waals surface area contributed by atoms with Crippen molar-refractivity contribution in [3.8, 4) is 0 Å². The van der Waals surface area contributed by atoms with Crippen molar-refractivity contribution in [3.63, 3.8) is 0 Å². The molecule has 0 aliphatic heterocycles. The van der Waals surface area contributed by atoms with Gasteiger partial charge in [0.25, 0.3) is 0 Å². The Bertz CT molecular complexity index is 319. The van der Waals surface area contributed by atoms with E-state index in [1.165, 1.54) is 5.56 Å². The molecule has 0 amide bonds. The van der Waals surface area contributed by atoms with Crippen LogP contribution in [0.4, 0.5) is 0 Å². The fourth-order valence-electron chi connectivity index (χ4n) is 0.999. The summed E-state index contributed by atoms with van der Waals surface area (Å²) in [5.74, 6) is 0.